The molecule has 6 heteroatoms. The molecule has 0 saturated heterocycles. The quantitative estimate of drug-likeness (QED) is 0.694. The van der Waals surface area contributed by atoms with Crippen molar-refractivity contribution in [2.24, 2.45) is 0 Å². The van der Waals surface area contributed by atoms with Crippen LogP contribution in [-0.4, -0.2) is 16.6 Å². The monoisotopic (exact) mass is 388 g/mol. The molecule has 152 valence electrons. The predicted molar refractivity (Wildman–Crippen MR) is 110 cm³/mol. The smallest absolute Gasteiger partial charge is 0.311 e. The first-order chi connectivity index (χ1) is 13.4. The van der Waals surface area contributed by atoms with Gasteiger partial charge in [-0.25, -0.2) is 4.39 Å². The van der Waals surface area contributed by atoms with Gasteiger partial charge in [0.2, 0.25) is 5.43 Å². The number of esters is 1. The number of carbonyl (C=O) groups is 1. The third-order valence-corrected chi connectivity index (χ3v) is 5.29. The number of nitrogens with zero attached hydrogens (tertiary/aromatic N) is 1. The Bertz CT molecular complexity index is 914. The Morgan fingerprint density at radius 1 is 1.29 bits per heavy atom. The zero-order valence-electron chi connectivity index (χ0n) is 16.9. The van der Waals surface area contributed by atoms with Crippen LogP contribution < -0.4 is 15.5 Å². The van der Waals surface area contributed by atoms with Crippen LogP contribution in [0, 0.1) is 5.82 Å². The van der Waals surface area contributed by atoms with Gasteiger partial charge < -0.3 is 14.6 Å². The van der Waals surface area contributed by atoms with E-state index in [-0.39, 0.29) is 29.6 Å². The minimum Gasteiger partial charge on any atom is -0.421 e. The van der Waals surface area contributed by atoms with E-state index in [2.05, 4.69) is 5.32 Å². The zero-order valence-corrected chi connectivity index (χ0v) is 16.9. The third kappa shape index (κ3) is 4.37. The molecule has 0 spiro atoms. The Morgan fingerprint density at radius 2 is 2.00 bits per heavy atom. The van der Waals surface area contributed by atoms with Crippen LogP contribution in [0.1, 0.15) is 71.8 Å². The minimum absolute atomic E-state index is 0.0136. The number of carbonyl (C=O) groups excluding carboxylic acids is 1. The minimum atomic E-state index is -0.459. The summed E-state index contributed by atoms with van der Waals surface area (Å²) in [4.78, 5) is 24.7. The SMILES string of the molecule is CCCC(=O)Oc1cn(C(C)C)c2cc(NC3CCCCC3)c(F)cc2c1=O. The molecule has 5 nitrogen and oxygen atoms in total. The summed E-state index contributed by atoms with van der Waals surface area (Å²) in [5.74, 6) is -0.958. The number of anilines is 1. The molecule has 0 aliphatic heterocycles. The van der Waals surface area contributed by atoms with Crippen LogP contribution in [0.5, 0.6) is 5.75 Å². The van der Waals surface area contributed by atoms with Gasteiger partial charge in [0.25, 0.3) is 0 Å². The lowest BCUT2D eigenvalue weighted by Crippen LogP contribution is -2.23. The first-order valence-corrected chi connectivity index (χ1v) is 10.3. The van der Waals surface area contributed by atoms with E-state index in [0.717, 1.165) is 25.7 Å². The molecule has 0 bridgehead atoms. The summed E-state index contributed by atoms with van der Waals surface area (Å²) in [6.45, 7) is 5.81. The van der Waals surface area contributed by atoms with E-state index in [1.54, 1.807) is 12.3 Å². The number of benzene rings is 1. The van der Waals surface area contributed by atoms with Crippen molar-refractivity contribution in [2.75, 3.05) is 5.32 Å². The van der Waals surface area contributed by atoms with E-state index in [1.807, 2.05) is 25.3 Å². The maximum absolute atomic E-state index is 14.8. The van der Waals surface area contributed by atoms with Gasteiger partial charge in [0.15, 0.2) is 5.75 Å². The number of halogens is 1. The van der Waals surface area contributed by atoms with Crippen molar-refractivity contribution in [2.45, 2.75) is 77.8 Å². The van der Waals surface area contributed by atoms with Gasteiger partial charge in [0, 0.05) is 18.5 Å². The molecule has 0 atom stereocenters. The predicted octanol–water partition coefficient (Wildman–Crippen LogP) is 5.17. The molecule has 1 heterocycles. The molecular weight excluding hydrogens is 359 g/mol. The number of rotatable bonds is 6. The molecule has 1 fully saturated rings. The summed E-state index contributed by atoms with van der Waals surface area (Å²) in [5, 5.41) is 3.54. The van der Waals surface area contributed by atoms with Gasteiger partial charge in [0.05, 0.1) is 22.8 Å². The van der Waals surface area contributed by atoms with Crippen LogP contribution in [0.25, 0.3) is 10.9 Å². The van der Waals surface area contributed by atoms with Gasteiger partial charge >= 0.3 is 5.97 Å². The second-order valence-corrected chi connectivity index (χ2v) is 7.88. The number of hydrogen-bond acceptors (Lipinski definition) is 4. The number of ether oxygens (including phenoxy) is 1. The van der Waals surface area contributed by atoms with Gasteiger partial charge in [-0.2, -0.15) is 0 Å². The third-order valence-electron chi connectivity index (χ3n) is 5.29. The maximum Gasteiger partial charge on any atom is 0.311 e. The molecule has 1 aliphatic carbocycles. The average Bonchev–Trinajstić information content (AvgIpc) is 2.66. The molecule has 1 aliphatic rings. The summed E-state index contributed by atoms with van der Waals surface area (Å²) in [7, 11) is 0. The highest BCUT2D eigenvalue weighted by atomic mass is 19.1. The molecule has 0 amide bonds. The average molecular weight is 388 g/mol. The second-order valence-electron chi connectivity index (χ2n) is 7.88. The summed E-state index contributed by atoms with van der Waals surface area (Å²) >= 11 is 0. The van der Waals surface area contributed by atoms with Crippen molar-refractivity contribution in [1.82, 2.24) is 4.57 Å². The molecule has 1 N–H and O–H groups in total. The van der Waals surface area contributed by atoms with Crippen LogP contribution in [0.15, 0.2) is 23.1 Å². The molecule has 28 heavy (non-hydrogen) atoms. The Kier molecular flexibility index (Phi) is 6.37. The number of nitrogens with one attached hydrogen (secondary N) is 1. The highest BCUT2D eigenvalue weighted by Crippen LogP contribution is 2.28. The van der Waals surface area contributed by atoms with E-state index < -0.39 is 17.2 Å². The van der Waals surface area contributed by atoms with E-state index in [9.17, 15) is 14.0 Å². The van der Waals surface area contributed by atoms with Gasteiger partial charge in [0.1, 0.15) is 5.82 Å². The van der Waals surface area contributed by atoms with Crippen molar-refractivity contribution < 1.29 is 13.9 Å². The molecule has 0 radical (unpaired) electrons. The largest absolute Gasteiger partial charge is 0.421 e. The van der Waals surface area contributed by atoms with E-state index in [1.165, 1.54) is 12.5 Å². The number of fused-ring (bicyclic) bond motifs is 1. The molecule has 3 rings (SSSR count). The normalized spacial score (nSPS) is 15.2. The molecule has 2 aromatic rings. The van der Waals surface area contributed by atoms with Crippen LogP contribution in [-0.2, 0) is 4.79 Å². The van der Waals surface area contributed by atoms with Crippen LogP contribution in [0.3, 0.4) is 0 Å². The maximum atomic E-state index is 14.8. The molecule has 1 aromatic heterocycles. The second kappa shape index (κ2) is 8.76. The van der Waals surface area contributed by atoms with Gasteiger partial charge in [-0.15, -0.1) is 0 Å². The summed E-state index contributed by atoms with van der Waals surface area (Å²) < 4.78 is 21.9. The van der Waals surface area contributed by atoms with Gasteiger partial charge in [-0.1, -0.05) is 26.2 Å². The van der Waals surface area contributed by atoms with Crippen molar-refractivity contribution in [3.8, 4) is 5.75 Å². The van der Waals surface area contributed by atoms with Crippen molar-refractivity contribution in [3.63, 3.8) is 0 Å². The van der Waals surface area contributed by atoms with E-state index in [4.69, 9.17) is 4.74 Å². The van der Waals surface area contributed by atoms with Crippen LogP contribution in [0.4, 0.5) is 10.1 Å². The number of hydrogen-bond donors (Lipinski definition) is 1. The van der Waals surface area contributed by atoms with E-state index in [0.29, 0.717) is 17.6 Å². The highest BCUT2D eigenvalue weighted by molar-refractivity contribution is 5.85. The van der Waals surface area contributed by atoms with Crippen molar-refractivity contribution >= 4 is 22.6 Å². The Labute approximate surface area is 164 Å². The molecule has 1 aromatic carbocycles. The standard InChI is InChI=1S/C22H29FN2O3/c1-4-8-21(26)28-20-13-25(14(2)3)19-12-18(17(23)11-16(19)22(20)27)24-15-9-6-5-7-10-15/h11-15,24H,4-10H2,1-3H3. The van der Waals surface area contributed by atoms with Crippen molar-refractivity contribution in [1.29, 1.82) is 0 Å². The van der Waals surface area contributed by atoms with Crippen LogP contribution in [0.2, 0.25) is 0 Å². The van der Waals surface area contributed by atoms with Crippen molar-refractivity contribution in [3.05, 3.63) is 34.4 Å². The zero-order chi connectivity index (χ0) is 20.3. The number of aromatic nitrogens is 1. The molecule has 1 saturated carbocycles. The fraction of sp³-hybridized carbons (Fsp3) is 0.545. The van der Waals surface area contributed by atoms with Gasteiger partial charge in [-0.05, 0) is 45.2 Å². The summed E-state index contributed by atoms with van der Waals surface area (Å²) in [6, 6.07) is 3.24. The summed E-state index contributed by atoms with van der Waals surface area (Å²) in [6.07, 6.45) is 8.01. The fourth-order valence-corrected chi connectivity index (χ4v) is 3.80. The van der Waals surface area contributed by atoms with Gasteiger partial charge in [-0.3, -0.25) is 9.59 Å². The Hall–Kier alpha value is -2.37. The Balaban J connectivity index is 2.05. The fourth-order valence-electron chi connectivity index (χ4n) is 3.80. The lowest BCUT2D eigenvalue weighted by atomic mass is 9.95. The number of pyridine rings is 1. The first kappa shape index (κ1) is 20.4. The Morgan fingerprint density at radius 3 is 2.64 bits per heavy atom. The molecule has 0 unspecified atom stereocenters. The van der Waals surface area contributed by atoms with E-state index >= 15 is 0 Å². The highest BCUT2D eigenvalue weighted by Gasteiger charge is 2.19. The lowest BCUT2D eigenvalue weighted by molar-refractivity contribution is -0.134. The first-order valence-electron chi connectivity index (χ1n) is 10.3. The van der Waals surface area contributed by atoms with Crippen LogP contribution >= 0.6 is 0 Å². The summed E-state index contributed by atoms with van der Waals surface area (Å²) in [5.41, 5.74) is 0.596. The topological polar surface area (TPSA) is 60.3 Å². The lowest BCUT2D eigenvalue weighted by Gasteiger charge is -2.25. The molecular formula is C22H29FN2O3.